The van der Waals surface area contributed by atoms with Gasteiger partial charge in [-0.2, -0.15) is 0 Å². The van der Waals surface area contributed by atoms with E-state index in [4.69, 9.17) is 4.98 Å². The summed E-state index contributed by atoms with van der Waals surface area (Å²) in [4.78, 5) is 5.78. The summed E-state index contributed by atoms with van der Waals surface area (Å²) >= 11 is 1.63. The molecule has 2 nitrogen and oxygen atoms in total. The van der Waals surface area contributed by atoms with Gasteiger partial charge in [-0.15, -0.1) is 11.3 Å². The highest BCUT2D eigenvalue weighted by molar-refractivity contribution is 7.15. The summed E-state index contributed by atoms with van der Waals surface area (Å²) < 4.78 is 0. The van der Waals surface area contributed by atoms with E-state index in [1.807, 2.05) is 0 Å². The van der Waals surface area contributed by atoms with Gasteiger partial charge >= 0.3 is 0 Å². The monoisotopic (exact) mass is 259 g/mol. The van der Waals surface area contributed by atoms with E-state index < -0.39 is 0 Å². The van der Waals surface area contributed by atoms with Crippen LogP contribution in [-0.2, 0) is 13.0 Å². The molecule has 3 heteroatoms. The van der Waals surface area contributed by atoms with E-state index in [0.717, 1.165) is 22.0 Å². The zero-order valence-electron chi connectivity index (χ0n) is 10.5. The molecule has 1 N–H and O–H groups in total. The number of aromatic nitrogens is 1. The average molecular weight is 259 g/mol. The lowest BCUT2D eigenvalue weighted by atomic mass is 10.1. The number of benzene rings is 1. The molecule has 1 aromatic carbocycles. The van der Waals surface area contributed by atoms with Crippen molar-refractivity contribution in [2.75, 3.05) is 0 Å². The van der Waals surface area contributed by atoms with E-state index in [2.05, 4.69) is 31.2 Å². The van der Waals surface area contributed by atoms with E-state index in [1.54, 1.807) is 11.3 Å². The Bertz CT molecular complexity index is 540. The van der Waals surface area contributed by atoms with E-state index in [1.165, 1.54) is 24.0 Å². The van der Waals surface area contributed by atoms with Crippen molar-refractivity contribution in [3.8, 4) is 10.6 Å². The first-order chi connectivity index (χ1) is 8.81. The van der Waals surface area contributed by atoms with Gasteiger partial charge in [0, 0.05) is 11.5 Å². The summed E-state index contributed by atoms with van der Waals surface area (Å²) in [6, 6.07) is 8.59. The second-order valence-electron chi connectivity index (χ2n) is 4.81. The Morgan fingerprint density at radius 2 is 2.00 bits per heavy atom. The highest BCUT2D eigenvalue weighted by Gasteiger charge is 2.29. The Balaban J connectivity index is 1.95. The minimum absolute atomic E-state index is 0.122. The molecule has 1 heterocycles. The number of thiazole rings is 1. The Morgan fingerprint density at radius 1 is 1.28 bits per heavy atom. The van der Waals surface area contributed by atoms with Gasteiger partial charge in [0.2, 0.25) is 0 Å². The molecular formula is C15H17NOS. The Hall–Kier alpha value is -1.19. The SMILES string of the molecule is CCc1ccc(-c2nc(C3CC3)c(CO)s2)cc1. The van der Waals surface area contributed by atoms with Crippen molar-refractivity contribution < 1.29 is 5.11 Å². The van der Waals surface area contributed by atoms with Crippen molar-refractivity contribution >= 4 is 11.3 Å². The quantitative estimate of drug-likeness (QED) is 0.907. The molecule has 1 aliphatic carbocycles. The third-order valence-electron chi connectivity index (χ3n) is 3.44. The Kier molecular flexibility index (Phi) is 3.18. The second-order valence-corrected chi connectivity index (χ2v) is 5.89. The van der Waals surface area contributed by atoms with Crippen molar-refractivity contribution in [2.45, 2.75) is 38.7 Å². The van der Waals surface area contributed by atoms with Gasteiger partial charge in [0.05, 0.1) is 17.2 Å². The van der Waals surface area contributed by atoms with Crippen LogP contribution >= 0.6 is 11.3 Å². The molecule has 3 rings (SSSR count). The molecule has 1 fully saturated rings. The van der Waals surface area contributed by atoms with E-state index >= 15 is 0 Å². The number of hydrogen-bond acceptors (Lipinski definition) is 3. The van der Waals surface area contributed by atoms with Gasteiger partial charge in [0.15, 0.2) is 0 Å². The Morgan fingerprint density at radius 3 is 2.56 bits per heavy atom. The molecule has 0 radical (unpaired) electrons. The van der Waals surface area contributed by atoms with Crippen LogP contribution in [0.4, 0.5) is 0 Å². The maximum atomic E-state index is 9.41. The number of nitrogens with zero attached hydrogens (tertiary/aromatic N) is 1. The summed E-state index contributed by atoms with van der Waals surface area (Å²) in [5, 5.41) is 10.5. The standard InChI is InChI=1S/C15H17NOS/c1-2-10-3-5-12(6-4-10)15-16-14(11-7-8-11)13(9-17)18-15/h3-6,11,17H,2,7-9H2,1H3. The van der Waals surface area contributed by atoms with Crippen molar-refractivity contribution in [2.24, 2.45) is 0 Å². The molecule has 2 aromatic rings. The summed E-state index contributed by atoms with van der Waals surface area (Å²) in [5.41, 5.74) is 3.65. The van der Waals surface area contributed by atoms with Crippen LogP contribution in [0.5, 0.6) is 0 Å². The first-order valence-electron chi connectivity index (χ1n) is 6.51. The van der Waals surface area contributed by atoms with Crippen molar-refractivity contribution in [1.29, 1.82) is 0 Å². The zero-order chi connectivity index (χ0) is 12.5. The lowest BCUT2D eigenvalue weighted by Gasteiger charge is -1.98. The van der Waals surface area contributed by atoms with Gasteiger partial charge < -0.3 is 5.11 Å². The number of aryl methyl sites for hydroxylation is 1. The van der Waals surface area contributed by atoms with Crippen LogP contribution in [0, 0.1) is 0 Å². The summed E-state index contributed by atoms with van der Waals surface area (Å²) in [7, 11) is 0. The van der Waals surface area contributed by atoms with Crippen molar-refractivity contribution in [3.05, 3.63) is 40.4 Å². The van der Waals surface area contributed by atoms with Crippen LogP contribution in [0.25, 0.3) is 10.6 Å². The van der Waals surface area contributed by atoms with Crippen LogP contribution in [0.15, 0.2) is 24.3 Å². The molecule has 0 saturated heterocycles. The topological polar surface area (TPSA) is 33.1 Å². The van der Waals surface area contributed by atoms with Gasteiger partial charge in [0.1, 0.15) is 5.01 Å². The van der Waals surface area contributed by atoms with Gasteiger partial charge in [-0.3, -0.25) is 0 Å². The molecule has 0 atom stereocenters. The minimum Gasteiger partial charge on any atom is -0.391 e. The number of aliphatic hydroxyl groups is 1. The summed E-state index contributed by atoms with van der Waals surface area (Å²) in [6.45, 7) is 2.28. The predicted octanol–water partition coefficient (Wildman–Crippen LogP) is 3.74. The van der Waals surface area contributed by atoms with Gasteiger partial charge in [-0.1, -0.05) is 31.2 Å². The predicted molar refractivity (Wildman–Crippen MR) is 74.8 cm³/mol. The lowest BCUT2D eigenvalue weighted by Crippen LogP contribution is -1.87. The van der Waals surface area contributed by atoms with E-state index in [-0.39, 0.29) is 6.61 Å². The number of rotatable bonds is 4. The van der Waals surface area contributed by atoms with E-state index in [0.29, 0.717) is 5.92 Å². The molecule has 0 unspecified atom stereocenters. The molecule has 0 bridgehead atoms. The van der Waals surface area contributed by atoms with Gasteiger partial charge in [-0.05, 0) is 24.8 Å². The third kappa shape index (κ3) is 2.20. The molecule has 1 aromatic heterocycles. The molecule has 94 valence electrons. The molecule has 0 amide bonds. The number of aliphatic hydroxyl groups excluding tert-OH is 1. The fourth-order valence-corrected chi connectivity index (χ4v) is 3.17. The summed E-state index contributed by atoms with van der Waals surface area (Å²) in [5.74, 6) is 0.604. The van der Waals surface area contributed by atoms with E-state index in [9.17, 15) is 5.11 Å². The molecule has 0 spiro atoms. The fourth-order valence-electron chi connectivity index (χ4n) is 2.16. The molecule has 18 heavy (non-hydrogen) atoms. The third-order valence-corrected chi connectivity index (χ3v) is 4.55. The van der Waals surface area contributed by atoms with Crippen LogP contribution in [0.2, 0.25) is 0 Å². The van der Waals surface area contributed by atoms with Crippen molar-refractivity contribution in [3.63, 3.8) is 0 Å². The minimum atomic E-state index is 0.122. The van der Waals surface area contributed by atoms with Gasteiger partial charge in [-0.25, -0.2) is 4.98 Å². The molecule has 1 aliphatic rings. The maximum Gasteiger partial charge on any atom is 0.123 e. The van der Waals surface area contributed by atoms with Crippen LogP contribution < -0.4 is 0 Å². The second kappa shape index (κ2) is 4.82. The van der Waals surface area contributed by atoms with Crippen LogP contribution in [0.3, 0.4) is 0 Å². The highest BCUT2D eigenvalue weighted by atomic mass is 32.1. The van der Waals surface area contributed by atoms with Crippen LogP contribution in [-0.4, -0.2) is 10.1 Å². The van der Waals surface area contributed by atoms with Crippen molar-refractivity contribution in [1.82, 2.24) is 4.98 Å². The zero-order valence-corrected chi connectivity index (χ0v) is 11.3. The fraction of sp³-hybridized carbons (Fsp3) is 0.400. The first-order valence-corrected chi connectivity index (χ1v) is 7.33. The first kappa shape index (κ1) is 11.9. The number of hydrogen-bond donors (Lipinski definition) is 1. The lowest BCUT2D eigenvalue weighted by molar-refractivity contribution is 0.284. The molecule has 1 saturated carbocycles. The molecule has 0 aliphatic heterocycles. The summed E-state index contributed by atoms with van der Waals surface area (Å²) in [6.07, 6.45) is 3.52. The maximum absolute atomic E-state index is 9.41. The highest BCUT2D eigenvalue weighted by Crippen LogP contribution is 2.44. The van der Waals surface area contributed by atoms with Crippen LogP contribution in [0.1, 0.15) is 41.8 Å². The smallest absolute Gasteiger partial charge is 0.123 e. The van der Waals surface area contributed by atoms with Gasteiger partial charge in [0.25, 0.3) is 0 Å². The average Bonchev–Trinajstić information content (AvgIpc) is 3.18. The molecular weight excluding hydrogens is 242 g/mol. The Labute approximate surface area is 111 Å². The normalized spacial score (nSPS) is 15.0. The largest absolute Gasteiger partial charge is 0.391 e.